The van der Waals surface area contributed by atoms with Gasteiger partial charge in [0.2, 0.25) is 0 Å². The Kier molecular flexibility index (Phi) is 3.48. The van der Waals surface area contributed by atoms with E-state index >= 15 is 0 Å². The molecule has 4 nitrogen and oxygen atoms in total. The lowest BCUT2D eigenvalue weighted by Crippen LogP contribution is -1.96. The molecule has 0 unspecified atom stereocenters. The van der Waals surface area contributed by atoms with Gasteiger partial charge in [-0.05, 0) is 48.7 Å². The Labute approximate surface area is 129 Å². The van der Waals surface area contributed by atoms with Gasteiger partial charge < -0.3 is 4.57 Å². The molecule has 0 N–H and O–H groups in total. The molecule has 0 saturated carbocycles. The van der Waals surface area contributed by atoms with Crippen molar-refractivity contribution in [3.63, 3.8) is 0 Å². The molecule has 4 heteroatoms. The molecule has 22 heavy (non-hydrogen) atoms. The molecule has 3 aromatic rings. The van der Waals surface area contributed by atoms with Gasteiger partial charge in [-0.15, -0.1) is 0 Å². The quantitative estimate of drug-likeness (QED) is 0.676. The number of rotatable bonds is 2. The maximum Gasteiger partial charge on any atom is 0.178 e. The van der Waals surface area contributed by atoms with Crippen molar-refractivity contribution < 1.29 is 0 Å². The van der Waals surface area contributed by atoms with Gasteiger partial charge >= 0.3 is 0 Å². The monoisotopic (exact) mass is 288 g/mol. The highest BCUT2D eigenvalue weighted by Crippen LogP contribution is 2.21. The van der Waals surface area contributed by atoms with Gasteiger partial charge in [0, 0.05) is 13.2 Å². The highest BCUT2D eigenvalue weighted by Gasteiger charge is 2.12. The number of hydrogen-bond acceptors (Lipinski definition) is 3. The molecule has 3 rings (SSSR count). The van der Waals surface area contributed by atoms with Gasteiger partial charge in [-0.3, -0.25) is 0 Å². The van der Waals surface area contributed by atoms with Crippen LogP contribution in [0, 0.1) is 25.2 Å². The van der Waals surface area contributed by atoms with Gasteiger partial charge in [0.1, 0.15) is 6.07 Å². The number of nitrogens with zero attached hydrogens (tertiary/aromatic N) is 4. The minimum absolute atomic E-state index is 0.531. The Morgan fingerprint density at radius 2 is 2.05 bits per heavy atom. The van der Waals surface area contributed by atoms with Crippen molar-refractivity contribution in [1.82, 2.24) is 14.5 Å². The predicted molar refractivity (Wildman–Crippen MR) is 87.9 cm³/mol. The van der Waals surface area contributed by atoms with E-state index in [-0.39, 0.29) is 0 Å². The van der Waals surface area contributed by atoms with E-state index in [2.05, 4.69) is 42.0 Å². The second-order valence-electron chi connectivity index (χ2n) is 5.35. The van der Waals surface area contributed by atoms with Gasteiger partial charge in [-0.2, -0.15) is 5.26 Å². The van der Waals surface area contributed by atoms with Gasteiger partial charge in [0.25, 0.3) is 0 Å². The molecule has 0 aliphatic carbocycles. The van der Waals surface area contributed by atoms with Crippen molar-refractivity contribution in [2.45, 2.75) is 13.8 Å². The SMILES string of the molecule is Cc1ccc(/C=C(\C#N)c2nc3ncccc3n2C)cc1C. The summed E-state index contributed by atoms with van der Waals surface area (Å²) < 4.78 is 1.90. The molecule has 1 aromatic carbocycles. The van der Waals surface area contributed by atoms with Gasteiger partial charge in [0.05, 0.1) is 11.1 Å². The third-order valence-corrected chi connectivity index (χ3v) is 3.86. The second kappa shape index (κ2) is 5.45. The summed E-state index contributed by atoms with van der Waals surface area (Å²) in [4.78, 5) is 8.72. The Morgan fingerprint density at radius 3 is 2.73 bits per heavy atom. The van der Waals surface area contributed by atoms with E-state index in [0.29, 0.717) is 17.0 Å². The molecule has 0 aliphatic rings. The van der Waals surface area contributed by atoms with E-state index in [1.54, 1.807) is 6.20 Å². The third-order valence-electron chi connectivity index (χ3n) is 3.86. The van der Waals surface area contributed by atoms with Crippen LogP contribution in [-0.4, -0.2) is 14.5 Å². The number of allylic oxidation sites excluding steroid dienone is 1. The Hall–Kier alpha value is -2.93. The fraction of sp³-hybridized carbons (Fsp3) is 0.167. The third kappa shape index (κ3) is 2.38. The van der Waals surface area contributed by atoms with Crippen molar-refractivity contribution >= 4 is 22.8 Å². The van der Waals surface area contributed by atoms with Crippen molar-refractivity contribution in [2.75, 3.05) is 0 Å². The summed E-state index contributed by atoms with van der Waals surface area (Å²) in [6.45, 7) is 4.14. The zero-order valence-corrected chi connectivity index (χ0v) is 12.8. The molecule has 0 spiro atoms. The van der Waals surface area contributed by atoms with Crippen molar-refractivity contribution in [2.24, 2.45) is 7.05 Å². The summed E-state index contributed by atoms with van der Waals surface area (Å²) in [7, 11) is 1.90. The standard InChI is InChI=1S/C18H16N4/c1-12-6-7-14(9-13(12)2)10-15(11-19)18-21-17-16(22(18)3)5-4-8-20-17/h4-10H,1-3H3/b15-10+. The second-order valence-corrected chi connectivity index (χ2v) is 5.35. The van der Waals surface area contributed by atoms with E-state index in [4.69, 9.17) is 0 Å². The largest absolute Gasteiger partial charge is 0.325 e. The first-order chi connectivity index (χ1) is 10.6. The minimum atomic E-state index is 0.531. The molecule has 2 heterocycles. The van der Waals surface area contributed by atoms with Crippen LogP contribution in [0.1, 0.15) is 22.5 Å². The lowest BCUT2D eigenvalue weighted by Gasteiger charge is -2.03. The first kappa shape index (κ1) is 14.0. The summed E-state index contributed by atoms with van der Waals surface area (Å²) in [6.07, 6.45) is 3.58. The number of hydrogen-bond donors (Lipinski definition) is 0. The lowest BCUT2D eigenvalue weighted by molar-refractivity contribution is 0.925. The van der Waals surface area contributed by atoms with Gasteiger partial charge in [-0.1, -0.05) is 18.2 Å². The summed E-state index contributed by atoms with van der Waals surface area (Å²) >= 11 is 0. The molecular weight excluding hydrogens is 272 g/mol. The molecule has 0 radical (unpaired) electrons. The van der Waals surface area contributed by atoms with E-state index in [9.17, 15) is 5.26 Å². The number of benzene rings is 1. The van der Waals surface area contributed by atoms with E-state index in [0.717, 1.165) is 11.1 Å². The number of fused-ring (bicyclic) bond motifs is 1. The molecular formula is C18H16N4. The van der Waals surface area contributed by atoms with Crippen LogP contribution in [0.5, 0.6) is 0 Å². The number of imidazole rings is 1. The molecule has 0 aliphatic heterocycles. The van der Waals surface area contributed by atoms with Crippen LogP contribution in [-0.2, 0) is 7.05 Å². The highest BCUT2D eigenvalue weighted by molar-refractivity contribution is 5.90. The van der Waals surface area contributed by atoms with Crippen LogP contribution < -0.4 is 0 Å². The molecule has 0 amide bonds. The van der Waals surface area contributed by atoms with Crippen molar-refractivity contribution in [3.05, 3.63) is 59.0 Å². The topological polar surface area (TPSA) is 54.5 Å². The Bertz CT molecular complexity index is 926. The average molecular weight is 288 g/mol. The highest BCUT2D eigenvalue weighted by atomic mass is 15.1. The number of pyridine rings is 1. The lowest BCUT2D eigenvalue weighted by atomic mass is 10.0. The van der Waals surface area contributed by atoms with Crippen molar-refractivity contribution in [1.29, 1.82) is 5.26 Å². The first-order valence-corrected chi connectivity index (χ1v) is 7.07. The normalized spacial score (nSPS) is 11.6. The maximum atomic E-state index is 9.52. The summed E-state index contributed by atoms with van der Waals surface area (Å²) in [5.41, 5.74) is 5.55. The maximum absolute atomic E-state index is 9.52. The van der Waals surface area contributed by atoms with Crippen LogP contribution in [0.2, 0.25) is 0 Å². The smallest absolute Gasteiger partial charge is 0.178 e. The van der Waals surface area contributed by atoms with Crippen LogP contribution in [0.3, 0.4) is 0 Å². The predicted octanol–water partition coefficient (Wildman–Crippen LogP) is 3.65. The molecule has 0 bridgehead atoms. The number of aryl methyl sites for hydroxylation is 3. The van der Waals surface area contributed by atoms with Gasteiger partial charge in [0.15, 0.2) is 11.5 Å². The molecule has 0 fully saturated rings. The Balaban J connectivity index is 2.13. The van der Waals surface area contributed by atoms with Crippen LogP contribution >= 0.6 is 0 Å². The van der Waals surface area contributed by atoms with E-state index in [1.165, 1.54) is 11.1 Å². The molecule has 0 saturated heterocycles. The van der Waals surface area contributed by atoms with Crippen molar-refractivity contribution in [3.8, 4) is 6.07 Å². The molecule has 0 atom stereocenters. The first-order valence-electron chi connectivity index (χ1n) is 7.07. The molecule has 2 aromatic heterocycles. The fourth-order valence-electron chi connectivity index (χ4n) is 2.43. The van der Waals surface area contributed by atoms with E-state index in [1.807, 2.05) is 35.9 Å². The summed E-state index contributed by atoms with van der Waals surface area (Å²) in [6, 6.07) is 12.2. The van der Waals surface area contributed by atoms with Crippen LogP contribution in [0.15, 0.2) is 36.5 Å². The average Bonchev–Trinajstić information content (AvgIpc) is 2.86. The summed E-state index contributed by atoms with van der Waals surface area (Å²) in [5, 5.41) is 9.52. The minimum Gasteiger partial charge on any atom is -0.325 e. The van der Waals surface area contributed by atoms with Gasteiger partial charge in [-0.25, -0.2) is 9.97 Å². The zero-order chi connectivity index (χ0) is 15.7. The number of aromatic nitrogens is 3. The number of nitriles is 1. The molecule has 108 valence electrons. The van der Waals surface area contributed by atoms with E-state index < -0.39 is 0 Å². The van der Waals surface area contributed by atoms with Crippen LogP contribution in [0.25, 0.3) is 22.8 Å². The Morgan fingerprint density at radius 1 is 1.23 bits per heavy atom. The fourth-order valence-corrected chi connectivity index (χ4v) is 2.43. The zero-order valence-electron chi connectivity index (χ0n) is 12.8. The summed E-state index contributed by atoms with van der Waals surface area (Å²) in [5.74, 6) is 0.634. The van der Waals surface area contributed by atoms with Crippen LogP contribution in [0.4, 0.5) is 0 Å².